The summed E-state index contributed by atoms with van der Waals surface area (Å²) in [6, 6.07) is 0.127. The van der Waals surface area contributed by atoms with Crippen LogP contribution in [-0.4, -0.2) is 30.2 Å². The van der Waals surface area contributed by atoms with Gasteiger partial charge in [-0.15, -0.1) is 0 Å². The minimum absolute atomic E-state index is 0.127. The molecule has 0 aromatic heterocycles. The summed E-state index contributed by atoms with van der Waals surface area (Å²) in [6.45, 7) is 9.40. The molecule has 1 heterocycles. The van der Waals surface area contributed by atoms with Crippen molar-refractivity contribution in [3.63, 3.8) is 0 Å². The number of likely N-dealkylation sites (tertiary alicyclic amines) is 1. The zero-order valence-corrected chi connectivity index (χ0v) is 12.6. The van der Waals surface area contributed by atoms with Gasteiger partial charge in [0.2, 0.25) is 0 Å². The molecule has 20 heavy (non-hydrogen) atoms. The highest BCUT2D eigenvalue weighted by molar-refractivity contribution is 5.69. The van der Waals surface area contributed by atoms with Gasteiger partial charge in [-0.25, -0.2) is 4.79 Å². The summed E-state index contributed by atoms with van der Waals surface area (Å²) in [5.41, 5.74) is 2.15. The van der Waals surface area contributed by atoms with Crippen molar-refractivity contribution in [3.05, 3.63) is 36.0 Å². The summed E-state index contributed by atoms with van der Waals surface area (Å²) >= 11 is 0. The Hall–Kier alpha value is -1.51. The second kappa shape index (κ2) is 6.78. The number of allylic oxidation sites excluding steroid dienone is 2. The van der Waals surface area contributed by atoms with Crippen molar-refractivity contribution in [1.82, 2.24) is 4.90 Å². The average Bonchev–Trinajstić information content (AvgIpc) is 2.45. The molecule has 2 atom stereocenters. The van der Waals surface area contributed by atoms with Gasteiger partial charge in [-0.3, -0.25) is 0 Å². The standard InChI is InChI=1S/C17H25NO2/c1-13(2)16-11-14(3)9-10-18(16)17(19)20-12-15-7-5-4-6-8-15/h5,7-8,14,16H,1,4,6,9-12H2,2-3H3/t14?,16-/m0/s1. The van der Waals surface area contributed by atoms with Crippen LogP contribution in [0.4, 0.5) is 4.79 Å². The molecule has 0 radical (unpaired) electrons. The van der Waals surface area contributed by atoms with Gasteiger partial charge in [-0.2, -0.15) is 0 Å². The third-order valence-corrected chi connectivity index (χ3v) is 4.10. The van der Waals surface area contributed by atoms with Gasteiger partial charge in [0.05, 0.1) is 6.04 Å². The summed E-state index contributed by atoms with van der Waals surface area (Å²) in [4.78, 5) is 14.1. The molecule has 0 spiro atoms. The van der Waals surface area contributed by atoms with Gasteiger partial charge in [0.15, 0.2) is 0 Å². The minimum atomic E-state index is -0.204. The van der Waals surface area contributed by atoms with Crippen molar-refractivity contribution in [3.8, 4) is 0 Å². The lowest BCUT2D eigenvalue weighted by Gasteiger charge is -2.38. The Morgan fingerprint density at radius 3 is 2.95 bits per heavy atom. The van der Waals surface area contributed by atoms with Crippen LogP contribution in [-0.2, 0) is 4.74 Å². The van der Waals surface area contributed by atoms with Gasteiger partial charge in [-0.05, 0) is 44.1 Å². The molecule has 110 valence electrons. The Balaban J connectivity index is 1.91. The van der Waals surface area contributed by atoms with E-state index in [2.05, 4.69) is 25.7 Å². The van der Waals surface area contributed by atoms with E-state index >= 15 is 0 Å². The fraction of sp³-hybridized carbons (Fsp3) is 0.588. The second-order valence-corrected chi connectivity index (χ2v) is 6.00. The molecular weight excluding hydrogens is 250 g/mol. The van der Waals surface area contributed by atoms with Crippen molar-refractivity contribution in [2.75, 3.05) is 13.2 Å². The number of piperidine rings is 1. The molecule has 3 heteroatoms. The van der Waals surface area contributed by atoms with E-state index in [1.165, 1.54) is 0 Å². The molecule has 1 unspecified atom stereocenters. The quantitative estimate of drug-likeness (QED) is 0.726. The predicted molar refractivity (Wildman–Crippen MR) is 81.5 cm³/mol. The fourth-order valence-corrected chi connectivity index (χ4v) is 2.83. The molecule has 0 N–H and O–H groups in total. The first kappa shape index (κ1) is 14.9. The summed E-state index contributed by atoms with van der Waals surface area (Å²) in [6.07, 6.45) is 10.3. The molecule has 0 saturated carbocycles. The van der Waals surface area contributed by atoms with Gasteiger partial charge in [0.25, 0.3) is 0 Å². The number of carbonyl (C=O) groups excluding carboxylic acids is 1. The Morgan fingerprint density at radius 1 is 1.50 bits per heavy atom. The first-order valence-corrected chi connectivity index (χ1v) is 7.52. The summed E-state index contributed by atoms with van der Waals surface area (Å²) in [7, 11) is 0. The summed E-state index contributed by atoms with van der Waals surface area (Å²) in [5, 5.41) is 0. The summed E-state index contributed by atoms with van der Waals surface area (Å²) in [5.74, 6) is 0.643. The van der Waals surface area contributed by atoms with E-state index in [9.17, 15) is 4.79 Å². The largest absolute Gasteiger partial charge is 0.445 e. The highest BCUT2D eigenvalue weighted by Crippen LogP contribution is 2.27. The van der Waals surface area contributed by atoms with Gasteiger partial charge in [0, 0.05) is 6.54 Å². The molecule has 0 aromatic carbocycles. The van der Waals surface area contributed by atoms with E-state index in [1.807, 2.05) is 17.9 Å². The van der Waals surface area contributed by atoms with Crippen molar-refractivity contribution >= 4 is 6.09 Å². The van der Waals surface area contributed by atoms with Gasteiger partial charge in [0.1, 0.15) is 6.61 Å². The molecule has 2 aliphatic rings. The van der Waals surface area contributed by atoms with Gasteiger partial charge >= 0.3 is 6.09 Å². The Morgan fingerprint density at radius 2 is 2.30 bits per heavy atom. The predicted octanol–water partition coefficient (Wildman–Crippen LogP) is 4.08. The van der Waals surface area contributed by atoms with Crippen LogP contribution < -0.4 is 0 Å². The summed E-state index contributed by atoms with van der Waals surface area (Å²) < 4.78 is 5.46. The maximum atomic E-state index is 12.3. The lowest BCUT2D eigenvalue weighted by atomic mass is 9.89. The van der Waals surface area contributed by atoms with Crippen LogP contribution in [0, 0.1) is 5.92 Å². The van der Waals surface area contributed by atoms with Crippen molar-refractivity contribution < 1.29 is 9.53 Å². The van der Waals surface area contributed by atoms with E-state index in [1.54, 1.807) is 0 Å². The molecule has 1 saturated heterocycles. The van der Waals surface area contributed by atoms with E-state index in [-0.39, 0.29) is 12.1 Å². The van der Waals surface area contributed by atoms with Crippen molar-refractivity contribution in [2.45, 2.75) is 45.6 Å². The maximum Gasteiger partial charge on any atom is 0.410 e. The van der Waals surface area contributed by atoms with Crippen LogP contribution in [0.15, 0.2) is 36.0 Å². The van der Waals surface area contributed by atoms with Gasteiger partial charge in [-0.1, -0.05) is 37.3 Å². The van der Waals surface area contributed by atoms with Crippen LogP contribution in [0.3, 0.4) is 0 Å². The third-order valence-electron chi connectivity index (χ3n) is 4.10. The van der Waals surface area contributed by atoms with E-state index in [4.69, 9.17) is 4.74 Å². The SMILES string of the molecule is C=C(C)[C@@H]1CC(C)CCN1C(=O)OCC1=CCCC=C1. The van der Waals surface area contributed by atoms with E-state index < -0.39 is 0 Å². The van der Waals surface area contributed by atoms with E-state index in [0.29, 0.717) is 12.5 Å². The van der Waals surface area contributed by atoms with Crippen LogP contribution in [0.1, 0.15) is 39.5 Å². The number of hydrogen-bond donors (Lipinski definition) is 0. The smallest absolute Gasteiger partial charge is 0.410 e. The average molecular weight is 275 g/mol. The lowest BCUT2D eigenvalue weighted by molar-refractivity contribution is 0.0786. The van der Waals surface area contributed by atoms with Gasteiger partial charge < -0.3 is 9.64 Å². The molecule has 0 bridgehead atoms. The maximum absolute atomic E-state index is 12.3. The fourth-order valence-electron chi connectivity index (χ4n) is 2.83. The molecule has 1 fully saturated rings. The molecule has 0 aromatic rings. The molecule has 1 amide bonds. The zero-order chi connectivity index (χ0) is 14.5. The lowest BCUT2D eigenvalue weighted by Crippen LogP contribution is -2.46. The number of ether oxygens (including phenoxy) is 1. The zero-order valence-electron chi connectivity index (χ0n) is 12.6. The van der Waals surface area contributed by atoms with Crippen LogP contribution in [0.5, 0.6) is 0 Å². The third kappa shape index (κ3) is 3.75. The number of nitrogens with zero attached hydrogens (tertiary/aromatic N) is 1. The topological polar surface area (TPSA) is 29.5 Å². The highest BCUT2D eigenvalue weighted by Gasteiger charge is 2.31. The van der Waals surface area contributed by atoms with Crippen LogP contribution >= 0.6 is 0 Å². The molecule has 3 nitrogen and oxygen atoms in total. The monoisotopic (exact) mass is 275 g/mol. The van der Waals surface area contributed by atoms with Crippen LogP contribution in [0.2, 0.25) is 0 Å². The molecule has 1 aliphatic heterocycles. The number of rotatable bonds is 3. The van der Waals surface area contributed by atoms with E-state index in [0.717, 1.165) is 43.4 Å². The molecular formula is C17H25NO2. The Kier molecular flexibility index (Phi) is 5.05. The number of amides is 1. The second-order valence-electron chi connectivity index (χ2n) is 6.00. The van der Waals surface area contributed by atoms with Crippen LogP contribution in [0.25, 0.3) is 0 Å². The minimum Gasteiger partial charge on any atom is -0.445 e. The number of carbonyl (C=O) groups is 1. The molecule has 2 rings (SSSR count). The Bertz CT molecular complexity index is 436. The normalized spacial score (nSPS) is 26.1. The van der Waals surface area contributed by atoms with Crippen molar-refractivity contribution in [2.24, 2.45) is 5.92 Å². The first-order valence-electron chi connectivity index (χ1n) is 7.52. The van der Waals surface area contributed by atoms with Crippen molar-refractivity contribution in [1.29, 1.82) is 0 Å². The molecule has 1 aliphatic carbocycles. The highest BCUT2D eigenvalue weighted by atomic mass is 16.6. The Labute approximate surface area is 122 Å². The first-order chi connectivity index (χ1) is 9.58. The number of hydrogen-bond acceptors (Lipinski definition) is 2.